The van der Waals surface area contributed by atoms with Crippen molar-refractivity contribution in [1.29, 1.82) is 0 Å². The highest BCUT2D eigenvalue weighted by atomic mass is 16.5. The van der Waals surface area contributed by atoms with Crippen LogP contribution in [0.25, 0.3) is 0 Å². The molecule has 1 amide bonds. The second-order valence-corrected chi connectivity index (χ2v) is 31.6. The SMILES string of the molecule is CCCCCCCCCCCCCCCCCCCCCCCCCC(O)C(CO)NC(=O)CCCCCCCCCCCCCCCCCCC/C=C\CCCCCCCCCCCCCCCCCCCCOC(=O)CCCCCCCCCCCCCCCCCCCC. The molecule has 0 aliphatic heterocycles. The Hall–Kier alpha value is -1.40. The van der Waals surface area contributed by atoms with E-state index in [1.165, 1.54) is 462 Å². The third-order valence-corrected chi connectivity index (χ3v) is 21.8. The molecule has 578 valence electrons. The van der Waals surface area contributed by atoms with Gasteiger partial charge in [0, 0.05) is 12.8 Å². The van der Waals surface area contributed by atoms with Gasteiger partial charge in [0.2, 0.25) is 5.91 Å². The lowest BCUT2D eigenvalue weighted by atomic mass is 10.0. The second kappa shape index (κ2) is 87.0. The number of aliphatic hydroxyl groups is 2. The van der Waals surface area contributed by atoms with E-state index in [9.17, 15) is 19.8 Å². The van der Waals surface area contributed by atoms with E-state index < -0.39 is 12.1 Å². The normalized spacial score (nSPS) is 12.4. The van der Waals surface area contributed by atoms with Crippen LogP contribution < -0.4 is 5.32 Å². The highest BCUT2D eigenvalue weighted by Gasteiger charge is 2.20. The Balaban J connectivity index is 3.31. The van der Waals surface area contributed by atoms with E-state index in [1.807, 2.05) is 0 Å². The maximum atomic E-state index is 12.6. The molecule has 0 rings (SSSR count). The van der Waals surface area contributed by atoms with Crippen molar-refractivity contribution in [2.24, 2.45) is 0 Å². The van der Waals surface area contributed by atoms with Gasteiger partial charge in [-0.05, 0) is 51.4 Å². The number of unbranched alkanes of at least 4 members (excludes halogenated alkanes) is 74. The van der Waals surface area contributed by atoms with E-state index in [0.717, 1.165) is 38.5 Å². The molecule has 6 heteroatoms. The van der Waals surface area contributed by atoms with Crippen LogP contribution in [0.1, 0.15) is 534 Å². The average Bonchev–Trinajstić information content (AvgIpc) is 3.39. The molecule has 0 heterocycles. The van der Waals surface area contributed by atoms with Crippen LogP contribution >= 0.6 is 0 Å². The van der Waals surface area contributed by atoms with Crippen LogP contribution in [0.3, 0.4) is 0 Å². The number of esters is 1. The fourth-order valence-electron chi connectivity index (χ4n) is 14.9. The van der Waals surface area contributed by atoms with E-state index in [1.54, 1.807) is 0 Å². The fourth-order valence-corrected chi connectivity index (χ4v) is 14.9. The van der Waals surface area contributed by atoms with Gasteiger partial charge in [-0.15, -0.1) is 0 Å². The molecule has 0 saturated heterocycles. The first-order valence-electron chi connectivity index (χ1n) is 45.4. The van der Waals surface area contributed by atoms with Crippen molar-refractivity contribution in [1.82, 2.24) is 5.32 Å². The molecule has 0 aromatic rings. The van der Waals surface area contributed by atoms with E-state index in [-0.39, 0.29) is 18.5 Å². The van der Waals surface area contributed by atoms with Gasteiger partial charge in [0.15, 0.2) is 0 Å². The highest BCUT2D eigenvalue weighted by Crippen LogP contribution is 2.22. The molecular weight excluding hydrogens is 1190 g/mol. The van der Waals surface area contributed by atoms with Crippen molar-refractivity contribution < 1.29 is 24.5 Å². The Labute approximate surface area is 609 Å². The molecular formula is C91H179NO5. The second-order valence-electron chi connectivity index (χ2n) is 31.6. The number of aliphatic hydroxyl groups excluding tert-OH is 2. The average molecular weight is 1370 g/mol. The molecule has 0 spiro atoms. The smallest absolute Gasteiger partial charge is 0.305 e. The maximum absolute atomic E-state index is 12.6. The van der Waals surface area contributed by atoms with Gasteiger partial charge in [-0.25, -0.2) is 0 Å². The first-order valence-corrected chi connectivity index (χ1v) is 45.4. The first-order chi connectivity index (χ1) is 48.0. The Morgan fingerprint density at radius 1 is 0.278 bits per heavy atom. The minimum absolute atomic E-state index is 0.0239. The molecule has 0 radical (unpaired) electrons. The summed E-state index contributed by atoms with van der Waals surface area (Å²) in [5.41, 5.74) is 0. The molecule has 6 nitrogen and oxygen atoms in total. The summed E-state index contributed by atoms with van der Waals surface area (Å²) in [7, 11) is 0. The van der Waals surface area contributed by atoms with Crippen LogP contribution in [0.15, 0.2) is 12.2 Å². The van der Waals surface area contributed by atoms with Crippen LogP contribution in [0, 0.1) is 0 Å². The Bertz CT molecular complexity index is 1480. The van der Waals surface area contributed by atoms with Gasteiger partial charge in [0.1, 0.15) is 0 Å². The van der Waals surface area contributed by atoms with E-state index in [4.69, 9.17) is 4.74 Å². The van der Waals surface area contributed by atoms with Crippen molar-refractivity contribution >= 4 is 11.9 Å². The number of carbonyl (C=O) groups excluding carboxylic acids is 2. The monoisotopic (exact) mass is 1370 g/mol. The fraction of sp³-hybridized carbons (Fsp3) is 0.956. The largest absolute Gasteiger partial charge is 0.466 e. The lowest BCUT2D eigenvalue weighted by Crippen LogP contribution is -2.45. The van der Waals surface area contributed by atoms with Crippen molar-refractivity contribution in [3.8, 4) is 0 Å². The number of carbonyl (C=O) groups is 2. The van der Waals surface area contributed by atoms with Crippen LogP contribution in [-0.4, -0.2) is 47.4 Å². The zero-order valence-electron chi connectivity index (χ0n) is 66.6. The third kappa shape index (κ3) is 83.4. The molecule has 2 unspecified atom stereocenters. The molecule has 0 aliphatic carbocycles. The molecule has 0 bridgehead atoms. The molecule has 0 aromatic carbocycles. The summed E-state index contributed by atoms with van der Waals surface area (Å²) < 4.78 is 5.53. The summed E-state index contributed by atoms with van der Waals surface area (Å²) in [6.45, 7) is 5.03. The van der Waals surface area contributed by atoms with Gasteiger partial charge in [-0.1, -0.05) is 482 Å². The molecule has 0 saturated carbocycles. The van der Waals surface area contributed by atoms with Gasteiger partial charge >= 0.3 is 5.97 Å². The number of nitrogens with one attached hydrogen (secondary N) is 1. The molecule has 3 N–H and O–H groups in total. The summed E-state index contributed by atoms with van der Waals surface area (Å²) in [6, 6.07) is -0.539. The van der Waals surface area contributed by atoms with Crippen LogP contribution in [-0.2, 0) is 14.3 Å². The maximum Gasteiger partial charge on any atom is 0.305 e. The summed E-state index contributed by atoms with van der Waals surface area (Å²) >= 11 is 0. The minimum atomic E-state index is -0.662. The Kier molecular flexibility index (Phi) is 85.7. The standard InChI is InChI=1S/C91H179NO5/c1-3-5-7-9-11-13-15-17-19-21-23-24-42-45-48-51-55-59-63-67-71-75-79-83-89(94)88(87-93)92-90(95)84-80-76-72-68-64-60-56-52-49-46-43-40-38-36-34-32-30-28-26-25-27-29-31-33-35-37-39-41-44-47-50-54-58-62-66-70-74-78-82-86-97-91(96)85-81-77-73-69-65-61-57-53-22-20-18-16-14-12-10-8-6-4-2/h25-26,88-89,93-94H,3-24,27-87H2,1-2H3,(H,92,95)/b26-25-. The number of rotatable bonds is 87. The van der Waals surface area contributed by atoms with Crippen molar-refractivity contribution in [2.75, 3.05) is 13.2 Å². The van der Waals surface area contributed by atoms with E-state index in [2.05, 4.69) is 31.3 Å². The predicted molar refractivity (Wildman–Crippen MR) is 430 cm³/mol. The van der Waals surface area contributed by atoms with Crippen LogP contribution in [0.2, 0.25) is 0 Å². The number of hydrogen-bond donors (Lipinski definition) is 3. The molecule has 0 aromatic heterocycles. The van der Waals surface area contributed by atoms with Gasteiger partial charge in [0.05, 0.1) is 25.4 Å². The molecule has 0 aliphatic rings. The summed E-state index contributed by atoms with van der Waals surface area (Å²) in [5, 5.41) is 23.5. The van der Waals surface area contributed by atoms with Gasteiger partial charge in [-0.2, -0.15) is 0 Å². The third-order valence-electron chi connectivity index (χ3n) is 21.8. The summed E-state index contributed by atoms with van der Waals surface area (Å²) in [4.78, 5) is 24.7. The topological polar surface area (TPSA) is 95.9 Å². The lowest BCUT2D eigenvalue weighted by Gasteiger charge is -2.22. The quantitative estimate of drug-likeness (QED) is 0.0320. The number of hydrogen-bond acceptors (Lipinski definition) is 5. The van der Waals surface area contributed by atoms with Crippen LogP contribution in [0.5, 0.6) is 0 Å². The Morgan fingerprint density at radius 2 is 0.485 bits per heavy atom. The number of ether oxygens (including phenoxy) is 1. The number of amides is 1. The van der Waals surface area contributed by atoms with E-state index in [0.29, 0.717) is 25.9 Å². The van der Waals surface area contributed by atoms with Gasteiger partial charge in [0.25, 0.3) is 0 Å². The van der Waals surface area contributed by atoms with E-state index >= 15 is 0 Å². The van der Waals surface area contributed by atoms with Crippen molar-refractivity contribution in [3.63, 3.8) is 0 Å². The van der Waals surface area contributed by atoms with Crippen molar-refractivity contribution in [3.05, 3.63) is 12.2 Å². The zero-order chi connectivity index (χ0) is 69.8. The molecule has 2 atom stereocenters. The lowest BCUT2D eigenvalue weighted by molar-refractivity contribution is -0.143. The van der Waals surface area contributed by atoms with Crippen molar-refractivity contribution in [2.45, 2.75) is 546 Å². The predicted octanol–water partition coefficient (Wildman–Crippen LogP) is 30.6. The minimum Gasteiger partial charge on any atom is -0.466 e. The molecule has 97 heavy (non-hydrogen) atoms. The number of allylic oxidation sites excluding steroid dienone is 2. The van der Waals surface area contributed by atoms with Gasteiger partial charge < -0.3 is 20.3 Å². The summed E-state index contributed by atoms with van der Waals surface area (Å²) in [6.07, 6.45) is 112. The highest BCUT2D eigenvalue weighted by molar-refractivity contribution is 5.76. The first kappa shape index (κ1) is 95.6. The Morgan fingerprint density at radius 3 is 0.732 bits per heavy atom. The van der Waals surface area contributed by atoms with Crippen LogP contribution in [0.4, 0.5) is 0 Å². The molecule has 0 fully saturated rings. The summed E-state index contributed by atoms with van der Waals surface area (Å²) in [5.74, 6) is 0.00455. The van der Waals surface area contributed by atoms with Gasteiger partial charge in [-0.3, -0.25) is 9.59 Å². The zero-order valence-corrected chi connectivity index (χ0v) is 66.6.